The first-order chi connectivity index (χ1) is 9.93. The van der Waals surface area contributed by atoms with Gasteiger partial charge in [-0.2, -0.15) is 0 Å². The predicted molar refractivity (Wildman–Crippen MR) is 82.0 cm³/mol. The number of hydrogen-bond donors (Lipinski definition) is 2. The van der Waals surface area contributed by atoms with Gasteiger partial charge in [0.1, 0.15) is 0 Å². The number of nitro groups is 1. The third-order valence-electron chi connectivity index (χ3n) is 3.08. The van der Waals surface area contributed by atoms with Crippen LogP contribution in [0.25, 0.3) is 0 Å². The molecule has 0 aliphatic heterocycles. The quantitative estimate of drug-likeness (QED) is 0.570. The Kier molecular flexibility index (Phi) is 6.81. The van der Waals surface area contributed by atoms with E-state index >= 15 is 0 Å². The summed E-state index contributed by atoms with van der Waals surface area (Å²) in [4.78, 5) is 22.0. The van der Waals surface area contributed by atoms with Gasteiger partial charge in [0, 0.05) is 37.2 Å². The second kappa shape index (κ2) is 8.36. The Morgan fingerprint density at radius 1 is 1.38 bits per heavy atom. The summed E-state index contributed by atoms with van der Waals surface area (Å²) in [6, 6.07) is 6.75. The van der Waals surface area contributed by atoms with Crippen LogP contribution < -0.4 is 10.6 Å². The lowest BCUT2D eigenvalue weighted by molar-refractivity contribution is -0.384. The lowest BCUT2D eigenvalue weighted by Crippen LogP contribution is -2.33. The number of nitrogens with one attached hydrogen (secondary N) is 2. The summed E-state index contributed by atoms with van der Waals surface area (Å²) in [5, 5.41) is 16.9. The SMILES string of the molecule is CCC(NCCC(=O)NC(C)C)c1cccc([N+](=O)[O-])c1. The van der Waals surface area contributed by atoms with Crippen LogP contribution in [0.5, 0.6) is 0 Å². The highest BCUT2D eigenvalue weighted by atomic mass is 16.6. The Morgan fingerprint density at radius 2 is 2.10 bits per heavy atom. The van der Waals surface area contributed by atoms with Crippen molar-refractivity contribution in [2.45, 2.75) is 45.7 Å². The first-order valence-corrected chi connectivity index (χ1v) is 7.21. The van der Waals surface area contributed by atoms with Crippen LogP contribution in [0.1, 0.15) is 45.2 Å². The van der Waals surface area contributed by atoms with Crippen molar-refractivity contribution in [1.29, 1.82) is 0 Å². The van der Waals surface area contributed by atoms with Crippen LogP contribution in [-0.4, -0.2) is 23.4 Å². The first kappa shape index (κ1) is 17.1. The zero-order valence-electron chi connectivity index (χ0n) is 12.8. The molecule has 0 bridgehead atoms. The van der Waals surface area contributed by atoms with Crippen molar-refractivity contribution in [2.75, 3.05) is 6.54 Å². The standard InChI is InChI=1S/C15H23N3O3/c1-4-14(16-9-8-15(19)17-11(2)3)12-6-5-7-13(10-12)18(20)21/h5-7,10-11,14,16H,4,8-9H2,1-3H3,(H,17,19). The minimum atomic E-state index is -0.397. The molecule has 0 aliphatic rings. The van der Waals surface area contributed by atoms with Gasteiger partial charge in [0.15, 0.2) is 0 Å². The molecule has 6 heteroatoms. The van der Waals surface area contributed by atoms with E-state index in [0.29, 0.717) is 13.0 Å². The van der Waals surface area contributed by atoms with E-state index in [4.69, 9.17) is 0 Å². The molecule has 0 radical (unpaired) electrons. The summed E-state index contributed by atoms with van der Waals surface area (Å²) in [5.41, 5.74) is 0.960. The highest BCUT2D eigenvalue weighted by Gasteiger charge is 2.13. The van der Waals surface area contributed by atoms with E-state index in [-0.39, 0.29) is 23.7 Å². The number of nitro benzene ring substituents is 1. The number of rotatable bonds is 8. The van der Waals surface area contributed by atoms with Gasteiger partial charge >= 0.3 is 0 Å². The zero-order valence-corrected chi connectivity index (χ0v) is 12.8. The molecule has 21 heavy (non-hydrogen) atoms. The Balaban J connectivity index is 2.57. The molecular formula is C15H23N3O3. The maximum atomic E-state index is 11.6. The van der Waals surface area contributed by atoms with Crippen LogP contribution in [0.2, 0.25) is 0 Å². The number of carbonyl (C=O) groups excluding carboxylic acids is 1. The molecule has 0 aromatic heterocycles. The average Bonchev–Trinajstić information content (AvgIpc) is 2.43. The van der Waals surface area contributed by atoms with E-state index in [9.17, 15) is 14.9 Å². The van der Waals surface area contributed by atoms with Gasteiger partial charge in [-0.25, -0.2) is 0 Å². The summed E-state index contributed by atoms with van der Waals surface area (Å²) in [5.74, 6) is 0.00592. The topological polar surface area (TPSA) is 84.3 Å². The van der Waals surface area contributed by atoms with Crippen molar-refractivity contribution in [1.82, 2.24) is 10.6 Å². The van der Waals surface area contributed by atoms with E-state index < -0.39 is 4.92 Å². The highest BCUT2D eigenvalue weighted by molar-refractivity contribution is 5.76. The lowest BCUT2D eigenvalue weighted by atomic mass is 10.0. The monoisotopic (exact) mass is 293 g/mol. The molecule has 0 saturated carbocycles. The summed E-state index contributed by atoms with van der Waals surface area (Å²) in [7, 11) is 0. The molecule has 2 N–H and O–H groups in total. The fourth-order valence-corrected chi connectivity index (χ4v) is 2.11. The number of non-ortho nitro benzene ring substituents is 1. The molecule has 0 heterocycles. The smallest absolute Gasteiger partial charge is 0.269 e. The number of carbonyl (C=O) groups is 1. The van der Waals surface area contributed by atoms with Crippen LogP contribution in [0.15, 0.2) is 24.3 Å². The fraction of sp³-hybridized carbons (Fsp3) is 0.533. The molecule has 6 nitrogen and oxygen atoms in total. The minimum absolute atomic E-state index is 0.00592. The molecule has 1 aromatic rings. The summed E-state index contributed by atoms with van der Waals surface area (Å²) in [6.45, 7) is 6.39. The molecule has 1 amide bonds. The van der Waals surface area contributed by atoms with Crippen molar-refractivity contribution < 1.29 is 9.72 Å². The summed E-state index contributed by atoms with van der Waals surface area (Å²) in [6.07, 6.45) is 1.19. The van der Waals surface area contributed by atoms with Gasteiger partial charge in [-0.3, -0.25) is 14.9 Å². The maximum absolute atomic E-state index is 11.6. The molecule has 1 unspecified atom stereocenters. The van der Waals surface area contributed by atoms with E-state index in [1.807, 2.05) is 26.8 Å². The van der Waals surface area contributed by atoms with Crippen LogP contribution >= 0.6 is 0 Å². The fourth-order valence-electron chi connectivity index (χ4n) is 2.11. The van der Waals surface area contributed by atoms with Gasteiger partial charge in [-0.05, 0) is 25.8 Å². The lowest BCUT2D eigenvalue weighted by Gasteiger charge is -2.17. The normalized spacial score (nSPS) is 12.2. The molecule has 1 atom stereocenters. The minimum Gasteiger partial charge on any atom is -0.354 e. The molecule has 1 rings (SSSR count). The number of benzene rings is 1. The van der Waals surface area contributed by atoms with Crippen molar-refractivity contribution in [3.8, 4) is 0 Å². The van der Waals surface area contributed by atoms with Crippen LogP contribution in [0, 0.1) is 10.1 Å². The Hall–Kier alpha value is -1.95. The summed E-state index contributed by atoms with van der Waals surface area (Å²) >= 11 is 0. The third-order valence-corrected chi connectivity index (χ3v) is 3.08. The van der Waals surface area contributed by atoms with E-state index in [1.54, 1.807) is 12.1 Å². The molecule has 0 saturated heterocycles. The van der Waals surface area contributed by atoms with Gasteiger partial charge in [-0.15, -0.1) is 0 Å². The van der Waals surface area contributed by atoms with Crippen LogP contribution in [-0.2, 0) is 4.79 Å². The van der Waals surface area contributed by atoms with Gasteiger partial charge in [0.05, 0.1) is 4.92 Å². The third kappa shape index (κ3) is 5.91. The Morgan fingerprint density at radius 3 is 2.67 bits per heavy atom. The largest absolute Gasteiger partial charge is 0.354 e. The molecule has 116 valence electrons. The molecule has 1 aromatic carbocycles. The molecule has 0 fully saturated rings. The van der Waals surface area contributed by atoms with E-state index in [0.717, 1.165) is 12.0 Å². The highest BCUT2D eigenvalue weighted by Crippen LogP contribution is 2.21. The van der Waals surface area contributed by atoms with Gasteiger partial charge in [0.2, 0.25) is 5.91 Å². The van der Waals surface area contributed by atoms with Crippen molar-refractivity contribution in [3.63, 3.8) is 0 Å². The second-order valence-electron chi connectivity index (χ2n) is 5.24. The van der Waals surface area contributed by atoms with E-state index in [1.165, 1.54) is 6.07 Å². The van der Waals surface area contributed by atoms with E-state index in [2.05, 4.69) is 10.6 Å². The number of amides is 1. The molecule has 0 spiro atoms. The first-order valence-electron chi connectivity index (χ1n) is 7.21. The average molecular weight is 293 g/mol. The summed E-state index contributed by atoms with van der Waals surface area (Å²) < 4.78 is 0. The molecular weight excluding hydrogens is 270 g/mol. The predicted octanol–water partition coefficient (Wildman–Crippen LogP) is 2.55. The maximum Gasteiger partial charge on any atom is 0.269 e. The molecule has 0 aliphatic carbocycles. The van der Waals surface area contributed by atoms with Crippen molar-refractivity contribution in [2.24, 2.45) is 0 Å². The van der Waals surface area contributed by atoms with Gasteiger partial charge in [0.25, 0.3) is 5.69 Å². The van der Waals surface area contributed by atoms with Crippen molar-refractivity contribution in [3.05, 3.63) is 39.9 Å². The van der Waals surface area contributed by atoms with Crippen LogP contribution in [0.3, 0.4) is 0 Å². The van der Waals surface area contributed by atoms with Crippen LogP contribution in [0.4, 0.5) is 5.69 Å². The Bertz CT molecular complexity index is 489. The zero-order chi connectivity index (χ0) is 15.8. The van der Waals surface area contributed by atoms with Gasteiger partial charge < -0.3 is 10.6 Å². The second-order valence-corrected chi connectivity index (χ2v) is 5.24. The Labute approximate surface area is 125 Å². The van der Waals surface area contributed by atoms with Gasteiger partial charge in [-0.1, -0.05) is 19.1 Å². The number of nitrogens with zero attached hydrogens (tertiary/aromatic N) is 1. The number of hydrogen-bond acceptors (Lipinski definition) is 4. The van der Waals surface area contributed by atoms with Crippen molar-refractivity contribution >= 4 is 11.6 Å².